The lowest BCUT2D eigenvalue weighted by molar-refractivity contribution is -0.384. The Morgan fingerprint density at radius 3 is 2.53 bits per heavy atom. The van der Waals surface area contributed by atoms with E-state index in [2.05, 4.69) is 5.32 Å². The molecule has 0 spiro atoms. The fourth-order valence-corrected chi connectivity index (χ4v) is 4.44. The van der Waals surface area contributed by atoms with Crippen LogP contribution in [-0.2, 0) is 14.8 Å². The quantitative estimate of drug-likeness (QED) is 0.544. The number of non-ortho nitro benzene ring substituents is 1. The molecule has 30 heavy (non-hydrogen) atoms. The number of morpholine rings is 1. The first-order chi connectivity index (χ1) is 14.2. The number of anilines is 1. The van der Waals surface area contributed by atoms with Gasteiger partial charge in [-0.15, -0.1) is 0 Å². The number of benzene rings is 2. The maximum atomic E-state index is 12.9. The molecule has 0 bridgehead atoms. The lowest BCUT2D eigenvalue weighted by atomic mass is 10.1. The van der Waals surface area contributed by atoms with Gasteiger partial charge in [-0.25, -0.2) is 8.42 Å². The van der Waals surface area contributed by atoms with Gasteiger partial charge in [0.2, 0.25) is 10.0 Å². The number of carbonyl (C=O) groups excluding carboxylic acids is 1. The highest BCUT2D eigenvalue weighted by Crippen LogP contribution is 2.27. The van der Waals surface area contributed by atoms with E-state index >= 15 is 0 Å². The molecule has 11 heteroatoms. The molecule has 1 fully saturated rings. The lowest BCUT2D eigenvalue weighted by Crippen LogP contribution is -2.40. The van der Waals surface area contributed by atoms with Gasteiger partial charge in [-0.1, -0.05) is 6.07 Å². The van der Waals surface area contributed by atoms with Gasteiger partial charge in [-0.2, -0.15) is 4.31 Å². The van der Waals surface area contributed by atoms with Gasteiger partial charge in [0.05, 0.1) is 41.4 Å². The molecule has 10 nitrogen and oxygen atoms in total. The molecule has 0 aromatic heterocycles. The Hall–Kier alpha value is -3.02. The van der Waals surface area contributed by atoms with Crippen molar-refractivity contribution < 1.29 is 27.6 Å². The monoisotopic (exact) mass is 435 g/mol. The molecular formula is C19H21N3O7S. The highest BCUT2D eigenvalue weighted by atomic mass is 32.2. The van der Waals surface area contributed by atoms with Crippen molar-refractivity contribution in [2.24, 2.45) is 0 Å². The molecular weight excluding hydrogens is 414 g/mol. The average molecular weight is 435 g/mol. The van der Waals surface area contributed by atoms with E-state index < -0.39 is 20.9 Å². The van der Waals surface area contributed by atoms with Crippen LogP contribution >= 0.6 is 0 Å². The van der Waals surface area contributed by atoms with Crippen molar-refractivity contribution in [3.8, 4) is 5.75 Å². The minimum Gasteiger partial charge on any atom is -0.496 e. The Labute approximate surface area is 173 Å². The van der Waals surface area contributed by atoms with E-state index in [1.165, 1.54) is 47.8 Å². The SMILES string of the molecule is COc1ccc(S(=O)(=O)N2CCOCC2)cc1C(=O)Nc1cc([N+](=O)[O-])ccc1C. The van der Waals surface area contributed by atoms with Crippen molar-refractivity contribution in [1.29, 1.82) is 0 Å². The number of aryl methyl sites for hydroxylation is 1. The molecule has 1 aliphatic heterocycles. The molecule has 1 aliphatic rings. The largest absolute Gasteiger partial charge is 0.496 e. The van der Waals surface area contributed by atoms with Crippen LogP contribution in [0, 0.1) is 17.0 Å². The van der Waals surface area contributed by atoms with Gasteiger partial charge in [-0.3, -0.25) is 14.9 Å². The Bertz CT molecular complexity index is 1080. The van der Waals surface area contributed by atoms with Gasteiger partial charge in [0.15, 0.2) is 0 Å². The first-order valence-electron chi connectivity index (χ1n) is 9.06. The molecule has 160 valence electrons. The summed E-state index contributed by atoms with van der Waals surface area (Å²) in [5.41, 5.74) is 0.687. The molecule has 0 atom stereocenters. The first kappa shape index (κ1) is 21.7. The molecule has 1 heterocycles. The van der Waals surface area contributed by atoms with E-state index in [1.807, 2.05) is 0 Å². The van der Waals surface area contributed by atoms with Crippen LogP contribution in [-0.4, -0.2) is 57.0 Å². The number of nitro benzene ring substituents is 1. The predicted molar refractivity (Wildman–Crippen MR) is 108 cm³/mol. The summed E-state index contributed by atoms with van der Waals surface area (Å²) in [5, 5.41) is 13.6. The lowest BCUT2D eigenvalue weighted by Gasteiger charge is -2.26. The summed E-state index contributed by atoms with van der Waals surface area (Å²) >= 11 is 0. The zero-order chi connectivity index (χ0) is 21.9. The highest BCUT2D eigenvalue weighted by Gasteiger charge is 2.28. The Kier molecular flexibility index (Phi) is 6.34. The highest BCUT2D eigenvalue weighted by molar-refractivity contribution is 7.89. The van der Waals surface area contributed by atoms with Crippen molar-refractivity contribution in [1.82, 2.24) is 4.31 Å². The van der Waals surface area contributed by atoms with Crippen LogP contribution in [0.4, 0.5) is 11.4 Å². The van der Waals surface area contributed by atoms with Crippen LogP contribution in [0.1, 0.15) is 15.9 Å². The first-order valence-corrected chi connectivity index (χ1v) is 10.5. The summed E-state index contributed by atoms with van der Waals surface area (Å²) < 4.78 is 37.5. The van der Waals surface area contributed by atoms with Crippen molar-refractivity contribution in [3.63, 3.8) is 0 Å². The van der Waals surface area contributed by atoms with Crippen LogP contribution < -0.4 is 10.1 Å². The zero-order valence-corrected chi connectivity index (χ0v) is 17.3. The standard InChI is InChI=1S/C19H21N3O7S/c1-13-3-4-14(22(24)25)11-17(13)20-19(23)16-12-15(5-6-18(16)28-2)30(26,27)21-7-9-29-10-8-21/h3-6,11-12H,7-10H2,1-2H3,(H,20,23). The van der Waals surface area contributed by atoms with Crippen LogP contribution in [0.25, 0.3) is 0 Å². The molecule has 1 saturated heterocycles. The topological polar surface area (TPSA) is 128 Å². The van der Waals surface area contributed by atoms with E-state index in [0.29, 0.717) is 18.8 Å². The smallest absolute Gasteiger partial charge is 0.271 e. The molecule has 0 radical (unpaired) electrons. The third kappa shape index (κ3) is 4.42. The molecule has 1 amide bonds. The van der Waals surface area contributed by atoms with Gasteiger partial charge in [0, 0.05) is 25.2 Å². The van der Waals surface area contributed by atoms with Crippen molar-refractivity contribution in [3.05, 3.63) is 57.6 Å². The van der Waals surface area contributed by atoms with Crippen LogP contribution in [0.15, 0.2) is 41.3 Å². The maximum absolute atomic E-state index is 12.9. The van der Waals surface area contributed by atoms with E-state index in [4.69, 9.17) is 9.47 Å². The summed E-state index contributed by atoms with van der Waals surface area (Å²) in [4.78, 5) is 23.3. The summed E-state index contributed by atoms with van der Waals surface area (Å²) in [7, 11) is -2.45. The number of ether oxygens (including phenoxy) is 2. The van der Waals surface area contributed by atoms with Crippen LogP contribution in [0.3, 0.4) is 0 Å². The number of amides is 1. The number of hydrogen-bond acceptors (Lipinski definition) is 7. The fraction of sp³-hybridized carbons (Fsp3) is 0.316. The maximum Gasteiger partial charge on any atom is 0.271 e. The second-order valence-electron chi connectivity index (χ2n) is 6.59. The van der Waals surface area contributed by atoms with Gasteiger partial charge >= 0.3 is 0 Å². The van der Waals surface area contributed by atoms with Crippen molar-refractivity contribution in [2.45, 2.75) is 11.8 Å². The van der Waals surface area contributed by atoms with Crippen LogP contribution in [0.2, 0.25) is 0 Å². The summed E-state index contributed by atoms with van der Waals surface area (Å²) in [5.74, 6) is -0.467. The van der Waals surface area contributed by atoms with E-state index in [0.717, 1.165) is 0 Å². The van der Waals surface area contributed by atoms with E-state index in [-0.39, 0.29) is 40.7 Å². The van der Waals surface area contributed by atoms with E-state index in [1.54, 1.807) is 6.92 Å². The molecule has 0 aliphatic carbocycles. The number of nitrogens with zero attached hydrogens (tertiary/aromatic N) is 2. The van der Waals surface area contributed by atoms with Crippen molar-refractivity contribution in [2.75, 3.05) is 38.7 Å². The molecule has 2 aromatic carbocycles. The van der Waals surface area contributed by atoms with Gasteiger partial charge in [0.1, 0.15) is 5.75 Å². The molecule has 3 rings (SSSR count). The predicted octanol–water partition coefficient (Wildman–Crippen LogP) is 2.19. The molecule has 1 N–H and O–H groups in total. The summed E-state index contributed by atoms with van der Waals surface area (Å²) in [6, 6.07) is 8.12. The second-order valence-corrected chi connectivity index (χ2v) is 8.53. The molecule has 0 unspecified atom stereocenters. The number of hydrogen-bond donors (Lipinski definition) is 1. The molecule has 0 saturated carbocycles. The van der Waals surface area contributed by atoms with E-state index in [9.17, 15) is 23.3 Å². The normalized spacial score (nSPS) is 14.9. The minimum atomic E-state index is -3.81. The Balaban J connectivity index is 1.95. The van der Waals surface area contributed by atoms with Gasteiger partial charge < -0.3 is 14.8 Å². The fourth-order valence-electron chi connectivity index (χ4n) is 3.01. The number of methoxy groups -OCH3 is 1. The summed E-state index contributed by atoms with van der Waals surface area (Å²) in [6.45, 7) is 2.74. The van der Waals surface area contributed by atoms with Gasteiger partial charge in [-0.05, 0) is 30.7 Å². The summed E-state index contributed by atoms with van der Waals surface area (Å²) in [6.07, 6.45) is 0. The van der Waals surface area contributed by atoms with Gasteiger partial charge in [0.25, 0.3) is 11.6 Å². The average Bonchev–Trinajstić information content (AvgIpc) is 2.75. The second kappa shape index (κ2) is 8.78. The zero-order valence-electron chi connectivity index (χ0n) is 16.5. The molecule has 2 aromatic rings. The Morgan fingerprint density at radius 2 is 1.90 bits per heavy atom. The number of carbonyl (C=O) groups is 1. The third-order valence-electron chi connectivity index (χ3n) is 4.70. The number of rotatable bonds is 6. The third-order valence-corrected chi connectivity index (χ3v) is 6.60. The van der Waals surface area contributed by atoms with Crippen LogP contribution in [0.5, 0.6) is 5.75 Å². The van der Waals surface area contributed by atoms with Crippen molar-refractivity contribution >= 4 is 27.3 Å². The number of sulfonamides is 1. The number of nitro groups is 1. The number of nitrogens with one attached hydrogen (secondary N) is 1. The Morgan fingerprint density at radius 1 is 1.20 bits per heavy atom. The minimum absolute atomic E-state index is 0.00209.